The third kappa shape index (κ3) is 3.28. The van der Waals surface area contributed by atoms with Gasteiger partial charge in [-0.15, -0.1) is 5.10 Å². The summed E-state index contributed by atoms with van der Waals surface area (Å²) in [6.07, 6.45) is 0.304. The molecule has 0 saturated carbocycles. The van der Waals surface area contributed by atoms with E-state index in [2.05, 4.69) is 14.8 Å². The van der Waals surface area contributed by atoms with E-state index in [-0.39, 0.29) is 24.8 Å². The van der Waals surface area contributed by atoms with Gasteiger partial charge in [0.25, 0.3) is 0 Å². The van der Waals surface area contributed by atoms with E-state index in [0.29, 0.717) is 12.2 Å². The smallest absolute Gasteiger partial charge is 0.393 e. The molecular formula is C14H13FN4O4. The van der Waals surface area contributed by atoms with Crippen LogP contribution in [0.5, 0.6) is 0 Å². The molecular weight excluding hydrogens is 307 g/mol. The van der Waals surface area contributed by atoms with E-state index in [9.17, 15) is 14.0 Å². The Balaban J connectivity index is 1.78. The first-order valence-corrected chi connectivity index (χ1v) is 6.87. The summed E-state index contributed by atoms with van der Waals surface area (Å²) in [7, 11) is 0. The number of hydrogen-bond donors (Lipinski definition) is 0. The number of aromatic nitrogens is 4. The van der Waals surface area contributed by atoms with Gasteiger partial charge < -0.3 is 4.42 Å². The Kier molecular flexibility index (Phi) is 3.92. The van der Waals surface area contributed by atoms with Crippen LogP contribution >= 0.6 is 0 Å². The topological polar surface area (TPSA) is 96.1 Å². The molecule has 0 aliphatic heterocycles. The van der Waals surface area contributed by atoms with Crippen LogP contribution in [-0.4, -0.2) is 19.5 Å². The van der Waals surface area contributed by atoms with Gasteiger partial charge in [-0.05, 0) is 17.7 Å². The fraction of sp³-hybridized carbons (Fsp3) is 0.286. The molecule has 0 radical (unpaired) electrons. The summed E-state index contributed by atoms with van der Waals surface area (Å²) in [6, 6.07) is 5.86. The maximum absolute atomic E-state index is 12.9. The lowest BCUT2D eigenvalue weighted by atomic mass is 10.1. The summed E-state index contributed by atoms with van der Waals surface area (Å²) in [6.45, 7) is 1.86. The maximum atomic E-state index is 12.9. The molecule has 0 N–H and O–H groups in total. The molecule has 120 valence electrons. The third-order valence-electron chi connectivity index (χ3n) is 3.28. The van der Waals surface area contributed by atoms with Crippen molar-refractivity contribution in [2.75, 3.05) is 0 Å². The molecule has 3 aromatic rings. The predicted octanol–water partition coefficient (Wildman–Crippen LogP) is 0.725. The van der Waals surface area contributed by atoms with Crippen molar-refractivity contribution in [1.29, 1.82) is 0 Å². The quantitative estimate of drug-likeness (QED) is 0.687. The minimum Gasteiger partial charge on any atom is -0.393 e. The van der Waals surface area contributed by atoms with Crippen molar-refractivity contribution in [3.05, 3.63) is 68.5 Å². The fourth-order valence-corrected chi connectivity index (χ4v) is 2.17. The minimum atomic E-state index is -0.629. The Morgan fingerprint density at radius 2 is 1.87 bits per heavy atom. The molecule has 0 aliphatic carbocycles. The summed E-state index contributed by atoms with van der Waals surface area (Å²) in [5, 5.41) is 7.62. The molecule has 23 heavy (non-hydrogen) atoms. The summed E-state index contributed by atoms with van der Waals surface area (Å²) >= 11 is 0. The number of nitrogens with zero attached hydrogens (tertiary/aromatic N) is 4. The molecule has 3 rings (SSSR count). The van der Waals surface area contributed by atoms with Gasteiger partial charge >= 0.3 is 11.5 Å². The molecule has 0 aliphatic rings. The van der Waals surface area contributed by atoms with Crippen molar-refractivity contribution in [1.82, 2.24) is 19.5 Å². The minimum absolute atomic E-state index is 0.147. The van der Waals surface area contributed by atoms with Crippen LogP contribution < -0.4 is 11.5 Å². The molecule has 0 saturated heterocycles. The van der Waals surface area contributed by atoms with Crippen molar-refractivity contribution in [3.8, 4) is 0 Å². The molecule has 1 aromatic carbocycles. The molecule has 2 heterocycles. The highest BCUT2D eigenvalue weighted by atomic mass is 19.1. The molecule has 0 amide bonds. The summed E-state index contributed by atoms with van der Waals surface area (Å²) in [5.41, 5.74) is 0.780. The van der Waals surface area contributed by atoms with E-state index in [1.54, 1.807) is 19.1 Å². The van der Waals surface area contributed by atoms with E-state index in [1.165, 1.54) is 16.7 Å². The van der Waals surface area contributed by atoms with Gasteiger partial charge in [0.05, 0.1) is 13.1 Å². The molecule has 0 atom stereocenters. The van der Waals surface area contributed by atoms with Gasteiger partial charge in [-0.2, -0.15) is 4.68 Å². The zero-order valence-corrected chi connectivity index (χ0v) is 12.2. The van der Waals surface area contributed by atoms with Crippen molar-refractivity contribution in [3.63, 3.8) is 0 Å². The first-order valence-electron chi connectivity index (χ1n) is 6.87. The van der Waals surface area contributed by atoms with E-state index in [0.717, 1.165) is 10.2 Å². The Hall–Kier alpha value is -2.97. The van der Waals surface area contributed by atoms with Gasteiger partial charge in [-0.25, -0.2) is 14.0 Å². The molecule has 8 nitrogen and oxygen atoms in total. The lowest BCUT2D eigenvalue weighted by Crippen LogP contribution is -2.24. The number of aryl methyl sites for hydroxylation is 2. The van der Waals surface area contributed by atoms with E-state index < -0.39 is 11.5 Å². The molecule has 9 heteroatoms. The Labute approximate surface area is 128 Å². The maximum Gasteiger partial charge on any atom is 0.441 e. The van der Waals surface area contributed by atoms with E-state index >= 15 is 0 Å². The second kappa shape index (κ2) is 6.03. The van der Waals surface area contributed by atoms with Crippen LogP contribution in [0.2, 0.25) is 0 Å². The van der Waals surface area contributed by atoms with E-state index in [4.69, 9.17) is 4.42 Å². The zero-order chi connectivity index (χ0) is 16.4. The first kappa shape index (κ1) is 14.9. The van der Waals surface area contributed by atoms with Gasteiger partial charge in [-0.3, -0.25) is 9.09 Å². The van der Waals surface area contributed by atoms with Crippen LogP contribution in [-0.2, 0) is 19.5 Å². The summed E-state index contributed by atoms with van der Waals surface area (Å²) in [4.78, 5) is 23.2. The first-order chi connectivity index (χ1) is 11.0. The van der Waals surface area contributed by atoms with Crippen LogP contribution in [0, 0.1) is 12.7 Å². The van der Waals surface area contributed by atoms with Crippen molar-refractivity contribution >= 4 is 0 Å². The Morgan fingerprint density at radius 1 is 1.13 bits per heavy atom. The van der Waals surface area contributed by atoms with Gasteiger partial charge in [-0.1, -0.05) is 17.3 Å². The van der Waals surface area contributed by atoms with Crippen molar-refractivity contribution in [2.45, 2.75) is 26.4 Å². The average molecular weight is 320 g/mol. The van der Waals surface area contributed by atoms with Gasteiger partial charge in [0.2, 0.25) is 5.89 Å². The van der Waals surface area contributed by atoms with Crippen molar-refractivity contribution in [2.24, 2.45) is 0 Å². The number of hydrogen-bond acceptors (Lipinski definition) is 6. The number of benzene rings is 1. The lowest BCUT2D eigenvalue weighted by Gasteiger charge is -2.04. The number of rotatable bonds is 5. The SMILES string of the molecule is Cc1nn(CCn2c(Cc3ccc(F)cc3)noc2=O)c(=O)o1. The monoisotopic (exact) mass is 320 g/mol. The second-order valence-corrected chi connectivity index (χ2v) is 4.93. The van der Waals surface area contributed by atoms with E-state index in [1.807, 2.05) is 0 Å². The Bertz CT molecular complexity index is 919. The van der Waals surface area contributed by atoms with Crippen LogP contribution in [0.1, 0.15) is 17.3 Å². The van der Waals surface area contributed by atoms with Crippen LogP contribution in [0.4, 0.5) is 4.39 Å². The van der Waals surface area contributed by atoms with Gasteiger partial charge in [0, 0.05) is 13.3 Å². The zero-order valence-electron chi connectivity index (χ0n) is 12.2. The average Bonchev–Trinajstić information content (AvgIpc) is 3.02. The largest absolute Gasteiger partial charge is 0.441 e. The summed E-state index contributed by atoms with van der Waals surface area (Å²) < 4.78 is 24.8. The van der Waals surface area contributed by atoms with Crippen LogP contribution in [0.25, 0.3) is 0 Å². The van der Waals surface area contributed by atoms with Gasteiger partial charge in [0.15, 0.2) is 5.82 Å². The summed E-state index contributed by atoms with van der Waals surface area (Å²) in [5.74, 6) is -0.927. The molecule has 0 spiro atoms. The number of halogens is 1. The molecule has 2 aromatic heterocycles. The second-order valence-electron chi connectivity index (χ2n) is 4.93. The lowest BCUT2D eigenvalue weighted by molar-refractivity contribution is 0.368. The predicted molar refractivity (Wildman–Crippen MR) is 75.5 cm³/mol. The molecule has 0 bridgehead atoms. The van der Waals surface area contributed by atoms with Crippen molar-refractivity contribution < 1.29 is 13.3 Å². The normalized spacial score (nSPS) is 11.0. The Morgan fingerprint density at radius 3 is 2.52 bits per heavy atom. The van der Waals surface area contributed by atoms with Crippen LogP contribution in [0.3, 0.4) is 0 Å². The highest BCUT2D eigenvalue weighted by Crippen LogP contribution is 2.08. The highest BCUT2D eigenvalue weighted by Gasteiger charge is 2.13. The molecule has 0 unspecified atom stereocenters. The van der Waals surface area contributed by atoms with Crippen LogP contribution in [0.15, 0.2) is 42.8 Å². The third-order valence-corrected chi connectivity index (χ3v) is 3.28. The van der Waals surface area contributed by atoms with Gasteiger partial charge in [0.1, 0.15) is 5.82 Å². The highest BCUT2D eigenvalue weighted by molar-refractivity contribution is 5.19. The standard InChI is InChI=1S/C14H13FN4O4/c1-9-16-19(14(21)22-9)7-6-18-12(17-23-13(18)20)8-10-2-4-11(15)5-3-10/h2-5H,6-8H2,1H3. The fourth-order valence-electron chi connectivity index (χ4n) is 2.17. The molecule has 0 fully saturated rings.